The highest BCUT2D eigenvalue weighted by molar-refractivity contribution is 5.85. The van der Waals surface area contributed by atoms with Crippen molar-refractivity contribution in [3.05, 3.63) is 53.6 Å². The molecular formula is C18H24ClFN4O2. The van der Waals surface area contributed by atoms with Crippen molar-refractivity contribution in [2.24, 2.45) is 0 Å². The van der Waals surface area contributed by atoms with Gasteiger partial charge in [-0.3, -0.25) is 9.48 Å². The molecule has 0 bridgehead atoms. The molecule has 8 heteroatoms. The van der Waals surface area contributed by atoms with Crippen LogP contribution in [0.4, 0.5) is 4.39 Å². The van der Waals surface area contributed by atoms with Gasteiger partial charge in [0.15, 0.2) is 0 Å². The van der Waals surface area contributed by atoms with Gasteiger partial charge in [-0.2, -0.15) is 5.10 Å². The maximum Gasteiger partial charge on any atom is 0.248 e. The summed E-state index contributed by atoms with van der Waals surface area (Å²) in [5.74, 6) is -0.362. The first-order valence-corrected chi connectivity index (χ1v) is 8.41. The van der Waals surface area contributed by atoms with E-state index in [-0.39, 0.29) is 30.7 Å². The third kappa shape index (κ3) is 4.23. The number of aromatic nitrogens is 2. The van der Waals surface area contributed by atoms with Crippen LogP contribution in [0.15, 0.2) is 36.7 Å². The molecule has 0 radical (unpaired) electrons. The number of methoxy groups -OCH3 is 1. The van der Waals surface area contributed by atoms with Gasteiger partial charge < -0.3 is 15.4 Å². The lowest BCUT2D eigenvalue weighted by Gasteiger charge is -2.36. The fraction of sp³-hybridized carbons (Fsp3) is 0.444. The molecule has 1 amide bonds. The molecule has 2 aromatic rings. The second-order valence-electron chi connectivity index (χ2n) is 6.27. The van der Waals surface area contributed by atoms with Crippen molar-refractivity contribution < 1.29 is 13.9 Å². The van der Waals surface area contributed by atoms with E-state index in [9.17, 15) is 9.18 Å². The van der Waals surface area contributed by atoms with Crippen LogP contribution in [-0.4, -0.2) is 35.9 Å². The molecule has 2 heterocycles. The molecule has 142 valence electrons. The van der Waals surface area contributed by atoms with Crippen LogP contribution < -0.4 is 10.6 Å². The van der Waals surface area contributed by atoms with Gasteiger partial charge in [0.1, 0.15) is 11.4 Å². The van der Waals surface area contributed by atoms with Gasteiger partial charge >= 0.3 is 0 Å². The topological polar surface area (TPSA) is 68.2 Å². The van der Waals surface area contributed by atoms with Gasteiger partial charge in [0, 0.05) is 31.6 Å². The fourth-order valence-corrected chi connectivity index (χ4v) is 3.27. The normalized spacial score (nSPS) is 15.9. The fourth-order valence-electron chi connectivity index (χ4n) is 3.27. The zero-order valence-electron chi connectivity index (χ0n) is 14.7. The first-order valence-electron chi connectivity index (χ1n) is 8.41. The van der Waals surface area contributed by atoms with E-state index >= 15 is 0 Å². The molecule has 6 nitrogen and oxygen atoms in total. The number of benzene rings is 1. The van der Waals surface area contributed by atoms with Crippen molar-refractivity contribution in [3.63, 3.8) is 0 Å². The van der Waals surface area contributed by atoms with E-state index < -0.39 is 5.54 Å². The quantitative estimate of drug-likeness (QED) is 0.801. The Morgan fingerprint density at radius 1 is 1.42 bits per heavy atom. The molecule has 26 heavy (non-hydrogen) atoms. The second-order valence-corrected chi connectivity index (χ2v) is 6.27. The molecule has 1 fully saturated rings. The van der Waals surface area contributed by atoms with Crippen LogP contribution in [0.3, 0.4) is 0 Å². The Morgan fingerprint density at radius 3 is 2.85 bits per heavy atom. The summed E-state index contributed by atoms with van der Waals surface area (Å²) in [6.07, 6.45) is 4.88. The lowest BCUT2D eigenvalue weighted by molar-refractivity contribution is -0.132. The maximum atomic E-state index is 13.7. The van der Waals surface area contributed by atoms with Gasteiger partial charge in [0.05, 0.1) is 6.61 Å². The molecule has 1 saturated heterocycles. The van der Waals surface area contributed by atoms with Crippen molar-refractivity contribution in [1.82, 2.24) is 20.4 Å². The monoisotopic (exact) mass is 382 g/mol. The van der Waals surface area contributed by atoms with Crippen molar-refractivity contribution >= 4 is 18.3 Å². The molecular weight excluding hydrogens is 359 g/mol. The van der Waals surface area contributed by atoms with Gasteiger partial charge in [-0.15, -0.1) is 12.4 Å². The van der Waals surface area contributed by atoms with Gasteiger partial charge in [0.25, 0.3) is 0 Å². The summed E-state index contributed by atoms with van der Waals surface area (Å²) in [6.45, 7) is 2.08. The SMILES string of the molecule is COCc1cc(CNC(=O)C2(n3cccn3)CCNCC2)ccc1F.Cl. The average molecular weight is 383 g/mol. The molecule has 0 atom stereocenters. The number of amides is 1. The minimum absolute atomic E-state index is 0. The Morgan fingerprint density at radius 2 is 2.19 bits per heavy atom. The number of rotatable bonds is 6. The van der Waals surface area contributed by atoms with Crippen LogP contribution in [0.2, 0.25) is 0 Å². The Labute approximate surface area is 158 Å². The van der Waals surface area contributed by atoms with E-state index in [0.29, 0.717) is 24.9 Å². The molecule has 0 saturated carbocycles. The Kier molecular flexibility index (Phi) is 7.14. The minimum Gasteiger partial charge on any atom is -0.380 e. The highest BCUT2D eigenvalue weighted by atomic mass is 35.5. The molecule has 1 aromatic carbocycles. The number of hydrogen-bond donors (Lipinski definition) is 2. The predicted octanol–water partition coefficient (Wildman–Crippen LogP) is 1.99. The molecule has 1 aliphatic heterocycles. The van der Waals surface area contributed by atoms with Crippen LogP contribution in [0, 0.1) is 5.82 Å². The summed E-state index contributed by atoms with van der Waals surface area (Å²) in [5, 5.41) is 10.6. The number of halogens is 2. The molecule has 2 N–H and O–H groups in total. The maximum absolute atomic E-state index is 13.7. The van der Waals surface area contributed by atoms with Gasteiger partial charge in [-0.25, -0.2) is 4.39 Å². The van der Waals surface area contributed by atoms with E-state index in [1.54, 1.807) is 23.0 Å². The van der Waals surface area contributed by atoms with Crippen molar-refractivity contribution in [1.29, 1.82) is 0 Å². The van der Waals surface area contributed by atoms with Crippen molar-refractivity contribution in [2.75, 3.05) is 20.2 Å². The number of nitrogens with one attached hydrogen (secondary N) is 2. The van der Waals surface area contributed by atoms with Gasteiger partial charge in [-0.1, -0.05) is 6.07 Å². The number of piperidine rings is 1. The molecule has 3 rings (SSSR count). The number of carbonyl (C=O) groups excluding carboxylic acids is 1. The predicted molar refractivity (Wildman–Crippen MR) is 98.5 cm³/mol. The van der Waals surface area contributed by atoms with Crippen LogP contribution in [0.25, 0.3) is 0 Å². The Balaban J connectivity index is 0.00000243. The number of carbonyl (C=O) groups is 1. The summed E-state index contributed by atoms with van der Waals surface area (Å²) in [7, 11) is 1.53. The molecule has 0 spiro atoms. The second kappa shape index (κ2) is 9.12. The smallest absolute Gasteiger partial charge is 0.248 e. The molecule has 0 unspecified atom stereocenters. The molecule has 1 aliphatic rings. The third-order valence-corrected chi connectivity index (χ3v) is 4.66. The third-order valence-electron chi connectivity index (χ3n) is 4.66. The van der Waals surface area contributed by atoms with E-state index in [2.05, 4.69) is 15.7 Å². The van der Waals surface area contributed by atoms with Crippen LogP contribution in [-0.2, 0) is 28.2 Å². The minimum atomic E-state index is -0.676. The first-order chi connectivity index (χ1) is 12.2. The summed E-state index contributed by atoms with van der Waals surface area (Å²) in [4.78, 5) is 13.0. The summed E-state index contributed by atoms with van der Waals surface area (Å²) in [5.41, 5.74) is 0.647. The zero-order valence-corrected chi connectivity index (χ0v) is 15.5. The number of hydrogen-bond acceptors (Lipinski definition) is 4. The molecule has 0 aliphatic carbocycles. The largest absolute Gasteiger partial charge is 0.380 e. The Bertz CT molecular complexity index is 718. The average Bonchev–Trinajstić information content (AvgIpc) is 3.18. The van der Waals surface area contributed by atoms with Gasteiger partial charge in [-0.05, 0) is 49.7 Å². The van der Waals surface area contributed by atoms with E-state index in [1.165, 1.54) is 13.2 Å². The Hall–Kier alpha value is -1.96. The van der Waals surface area contributed by atoms with Crippen LogP contribution in [0.1, 0.15) is 24.0 Å². The summed E-state index contributed by atoms with van der Waals surface area (Å²) in [6, 6.07) is 6.64. The van der Waals surface area contributed by atoms with E-state index in [1.807, 2.05) is 12.3 Å². The van der Waals surface area contributed by atoms with Crippen LogP contribution in [0.5, 0.6) is 0 Å². The van der Waals surface area contributed by atoms with Crippen molar-refractivity contribution in [3.8, 4) is 0 Å². The lowest BCUT2D eigenvalue weighted by atomic mass is 9.87. The number of nitrogens with zero attached hydrogens (tertiary/aromatic N) is 2. The summed E-state index contributed by atoms with van der Waals surface area (Å²) < 4.78 is 20.5. The van der Waals surface area contributed by atoms with E-state index in [4.69, 9.17) is 4.74 Å². The zero-order chi connectivity index (χ0) is 17.7. The van der Waals surface area contributed by atoms with Crippen molar-refractivity contribution in [2.45, 2.75) is 31.5 Å². The summed E-state index contributed by atoms with van der Waals surface area (Å²) >= 11 is 0. The highest BCUT2D eigenvalue weighted by Gasteiger charge is 2.41. The van der Waals surface area contributed by atoms with Gasteiger partial charge in [0.2, 0.25) is 5.91 Å². The number of ether oxygens (including phenoxy) is 1. The lowest BCUT2D eigenvalue weighted by Crippen LogP contribution is -2.54. The standard InChI is InChI=1S/C18H23FN4O2.ClH/c1-25-13-15-11-14(3-4-16(15)19)12-21-17(24)18(5-8-20-9-6-18)23-10-2-7-22-23;/h2-4,7,10-11,20H,5-6,8-9,12-13H2,1H3,(H,21,24);1H. The van der Waals surface area contributed by atoms with E-state index in [0.717, 1.165) is 18.7 Å². The first kappa shape index (κ1) is 20.4. The molecule has 1 aromatic heterocycles. The highest BCUT2D eigenvalue weighted by Crippen LogP contribution is 2.27. The van der Waals surface area contributed by atoms with Crippen LogP contribution >= 0.6 is 12.4 Å².